The second-order valence-corrected chi connectivity index (χ2v) is 4.50. The standard InChI is InChI=1S/C15H18N2O2/c1-11(15-4-3-9-19-15)16-10-13-5-7-14(8-6-13)17-12(2)18/h3-9,11,16H,10H2,1-2H3,(H,17,18)/t11-/m1/s1. The van der Waals surface area contributed by atoms with Gasteiger partial charge in [0.05, 0.1) is 12.3 Å². The first kappa shape index (κ1) is 13.4. The zero-order valence-corrected chi connectivity index (χ0v) is 11.1. The number of furan rings is 1. The molecule has 4 nitrogen and oxygen atoms in total. The Labute approximate surface area is 112 Å². The molecule has 0 aliphatic heterocycles. The van der Waals surface area contributed by atoms with Gasteiger partial charge in [-0.2, -0.15) is 0 Å². The highest BCUT2D eigenvalue weighted by Gasteiger charge is 2.06. The maximum atomic E-state index is 10.9. The molecule has 19 heavy (non-hydrogen) atoms. The Hall–Kier alpha value is -2.07. The molecule has 0 aliphatic carbocycles. The van der Waals surface area contributed by atoms with Gasteiger partial charge in [0.1, 0.15) is 5.76 Å². The largest absolute Gasteiger partial charge is 0.468 e. The van der Waals surface area contributed by atoms with E-state index in [-0.39, 0.29) is 11.9 Å². The van der Waals surface area contributed by atoms with E-state index in [4.69, 9.17) is 4.42 Å². The van der Waals surface area contributed by atoms with Crippen molar-refractivity contribution in [2.45, 2.75) is 26.4 Å². The van der Waals surface area contributed by atoms with Crippen LogP contribution in [-0.4, -0.2) is 5.91 Å². The summed E-state index contributed by atoms with van der Waals surface area (Å²) in [6, 6.07) is 11.8. The minimum Gasteiger partial charge on any atom is -0.468 e. The lowest BCUT2D eigenvalue weighted by atomic mass is 10.2. The van der Waals surface area contributed by atoms with E-state index in [0.717, 1.165) is 23.6 Å². The summed E-state index contributed by atoms with van der Waals surface area (Å²) in [5, 5.41) is 6.13. The van der Waals surface area contributed by atoms with Gasteiger partial charge in [0.2, 0.25) is 5.91 Å². The Morgan fingerprint density at radius 2 is 2.00 bits per heavy atom. The Balaban J connectivity index is 1.88. The van der Waals surface area contributed by atoms with E-state index in [1.54, 1.807) is 6.26 Å². The molecule has 2 aromatic rings. The molecule has 0 bridgehead atoms. The van der Waals surface area contributed by atoms with Crippen LogP contribution in [0.3, 0.4) is 0 Å². The number of benzene rings is 1. The highest BCUT2D eigenvalue weighted by atomic mass is 16.3. The summed E-state index contributed by atoms with van der Waals surface area (Å²) in [5.74, 6) is 0.868. The molecule has 0 radical (unpaired) electrons. The van der Waals surface area contributed by atoms with Gasteiger partial charge in [-0.3, -0.25) is 4.79 Å². The zero-order chi connectivity index (χ0) is 13.7. The van der Waals surface area contributed by atoms with Crippen molar-refractivity contribution in [1.29, 1.82) is 0 Å². The molecule has 1 atom stereocenters. The summed E-state index contributed by atoms with van der Waals surface area (Å²) < 4.78 is 5.34. The number of hydrogen-bond acceptors (Lipinski definition) is 3. The number of carbonyl (C=O) groups excluding carboxylic acids is 1. The van der Waals surface area contributed by atoms with Crippen LogP contribution in [0.5, 0.6) is 0 Å². The smallest absolute Gasteiger partial charge is 0.221 e. The fourth-order valence-corrected chi connectivity index (χ4v) is 1.82. The van der Waals surface area contributed by atoms with Gasteiger partial charge < -0.3 is 15.1 Å². The van der Waals surface area contributed by atoms with Crippen LogP contribution in [0.4, 0.5) is 5.69 Å². The fourth-order valence-electron chi connectivity index (χ4n) is 1.82. The molecular formula is C15H18N2O2. The third-order valence-corrected chi connectivity index (χ3v) is 2.86. The summed E-state index contributed by atoms with van der Waals surface area (Å²) in [4.78, 5) is 10.9. The molecule has 1 amide bonds. The predicted octanol–water partition coefficient (Wildman–Crippen LogP) is 3.09. The Bertz CT molecular complexity index is 518. The van der Waals surface area contributed by atoms with Gasteiger partial charge in [-0.05, 0) is 36.8 Å². The predicted molar refractivity (Wildman–Crippen MR) is 74.7 cm³/mol. The van der Waals surface area contributed by atoms with Gasteiger partial charge >= 0.3 is 0 Å². The maximum Gasteiger partial charge on any atom is 0.221 e. The fraction of sp³-hybridized carbons (Fsp3) is 0.267. The normalized spacial score (nSPS) is 12.1. The van der Waals surface area contributed by atoms with Crippen molar-refractivity contribution in [2.75, 3.05) is 5.32 Å². The topological polar surface area (TPSA) is 54.3 Å². The van der Waals surface area contributed by atoms with Crippen LogP contribution in [0.25, 0.3) is 0 Å². The van der Waals surface area contributed by atoms with Crippen molar-refractivity contribution in [3.8, 4) is 0 Å². The average molecular weight is 258 g/mol. The Kier molecular flexibility index (Phi) is 4.36. The number of carbonyl (C=O) groups is 1. The van der Waals surface area contributed by atoms with Gasteiger partial charge in [0.25, 0.3) is 0 Å². The lowest BCUT2D eigenvalue weighted by Crippen LogP contribution is -2.17. The van der Waals surface area contributed by atoms with Gasteiger partial charge in [-0.15, -0.1) is 0 Å². The molecule has 0 unspecified atom stereocenters. The van der Waals surface area contributed by atoms with Crippen LogP contribution >= 0.6 is 0 Å². The average Bonchev–Trinajstić information content (AvgIpc) is 2.91. The van der Waals surface area contributed by atoms with E-state index in [2.05, 4.69) is 17.6 Å². The minimum atomic E-state index is -0.0580. The summed E-state index contributed by atoms with van der Waals surface area (Å²) in [7, 11) is 0. The van der Waals surface area contributed by atoms with E-state index in [9.17, 15) is 4.79 Å². The SMILES string of the molecule is CC(=O)Nc1ccc(CN[C@H](C)c2ccco2)cc1. The molecular weight excluding hydrogens is 240 g/mol. The van der Waals surface area contributed by atoms with Crippen LogP contribution < -0.4 is 10.6 Å². The van der Waals surface area contributed by atoms with E-state index in [1.807, 2.05) is 36.4 Å². The summed E-state index contributed by atoms with van der Waals surface area (Å²) >= 11 is 0. The van der Waals surface area contributed by atoms with E-state index in [1.165, 1.54) is 6.92 Å². The molecule has 2 N–H and O–H groups in total. The van der Waals surface area contributed by atoms with Crippen LogP contribution in [0.2, 0.25) is 0 Å². The van der Waals surface area contributed by atoms with Crippen LogP contribution in [0, 0.1) is 0 Å². The third kappa shape index (κ3) is 3.96. The first-order chi connectivity index (χ1) is 9.15. The maximum absolute atomic E-state index is 10.9. The minimum absolute atomic E-state index is 0.0580. The van der Waals surface area contributed by atoms with Crippen molar-refractivity contribution in [3.63, 3.8) is 0 Å². The van der Waals surface area contributed by atoms with E-state index in [0.29, 0.717) is 0 Å². The summed E-state index contributed by atoms with van der Waals surface area (Å²) in [5.41, 5.74) is 1.97. The number of rotatable bonds is 5. The van der Waals surface area contributed by atoms with Gasteiger partial charge in [0.15, 0.2) is 0 Å². The first-order valence-corrected chi connectivity index (χ1v) is 6.28. The van der Waals surface area contributed by atoms with Gasteiger partial charge in [-0.1, -0.05) is 12.1 Å². The van der Waals surface area contributed by atoms with E-state index >= 15 is 0 Å². The highest BCUT2D eigenvalue weighted by molar-refractivity contribution is 5.88. The molecule has 1 aromatic heterocycles. The summed E-state index contributed by atoms with van der Waals surface area (Å²) in [6.07, 6.45) is 1.68. The van der Waals surface area contributed by atoms with Crippen LogP contribution in [-0.2, 0) is 11.3 Å². The van der Waals surface area contributed by atoms with E-state index < -0.39 is 0 Å². The van der Waals surface area contributed by atoms with Crippen LogP contribution in [0.15, 0.2) is 47.1 Å². The summed E-state index contributed by atoms with van der Waals surface area (Å²) in [6.45, 7) is 4.31. The lowest BCUT2D eigenvalue weighted by molar-refractivity contribution is -0.114. The number of hydrogen-bond donors (Lipinski definition) is 2. The van der Waals surface area contributed by atoms with Gasteiger partial charge in [0, 0.05) is 19.2 Å². The molecule has 0 fully saturated rings. The second kappa shape index (κ2) is 6.20. The first-order valence-electron chi connectivity index (χ1n) is 6.28. The molecule has 0 aliphatic rings. The molecule has 0 saturated heterocycles. The number of nitrogens with one attached hydrogen (secondary N) is 2. The van der Waals surface area contributed by atoms with Crippen LogP contribution in [0.1, 0.15) is 31.2 Å². The van der Waals surface area contributed by atoms with Crippen molar-refractivity contribution in [3.05, 3.63) is 54.0 Å². The Morgan fingerprint density at radius 1 is 1.26 bits per heavy atom. The van der Waals surface area contributed by atoms with Crippen molar-refractivity contribution < 1.29 is 9.21 Å². The molecule has 4 heteroatoms. The van der Waals surface area contributed by atoms with Crippen molar-refractivity contribution in [2.24, 2.45) is 0 Å². The van der Waals surface area contributed by atoms with Gasteiger partial charge in [-0.25, -0.2) is 0 Å². The molecule has 2 rings (SSSR count). The second-order valence-electron chi connectivity index (χ2n) is 4.50. The lowest BCUT2D eigenvalue weighted by Gasteiger charge is -2.11. The van der Waals surface area contributed by atoms with Crippen molar-refractivity contribution >= 4 is 11.6 Å². The zero-order valence-electron chi connectivity index (χ0n) is 11.1. The molecule has 0 saturated carbocycles. The highest BCUT2D eigenvalue weighted by Crippen LogP contribution is 2.14. The molecule has 1 aromatic carbocycles. The monoisotopic (exact) mass is 258 g/mol. The third-order valence-electron chi connectivity index (χ3n) is 2.86. The van der Waals surface area contributed by atoms with Crippen molar-refractivity contribution in [1.82, 2.24) is 5.32 Å². The number of anilines is 1. The quantitative estimate of drug-likeness (QED) is 0.866. The Morgan fingerprint density at radius 3 is 2.58 bits per heavy atom. The number of amides is 1. The molecule has 1 heterocycles. The molecule has 0 spiro atoms. The molecule has 100 valence electrons.